The minimum absolute atomic E-state index is 0.0538. The Balaban J connectivity index is 1.56. The quantitative estimate of drug-likeness (QED) is 0.440. The number of nitrogens with zero attached hydrogens (tertiary/aromatic N) is 2. The van der Waals surface area contributed by atoms with E-state index in [0.717, 1.165) is 20.8 Å². The van der Waals surface area contributed by atoms with Gasteiger partial charge in [0, 0.05) is 23.4 Å². The van der Waals surface area contributed by atoms with Gasteiger partial charge in [0.2, 0.25) is 0 Å². The van der Waals surface area contributed by atoms with Crippen LogP contribution in [-0.2, 0) is 0 Å². The minimum Gasteiger partial charge on any atom is -0.618 e. The molecule has 0 saturated carbocycles. The van der Waals surface area contributed by atoms with Crippen LogP contribution >= 0.6 is 11.3 Å². The normalized spacial score (nSPS) is 10.8. The highest BCUT2D eigenvalue weighted by Gasteiger charge is 2.15. The van der Waals surface area contributed by atoms with Crippen molar-refractivity contribution in [2.75, 3.05) is 5.32 Å². The summed E-state index contributed by atoms with van der Waals surface area (Å²) in [4.78, 5) is 16.9. The largest absolute Gasteiger partial charge is 0.618 e. The Morgan fingerprint density at radius 3 is 2.69 bits per heavy atom. The first-order valence-electron chi connectivity index (χ1n) is 8.07. The molecular weight excluding hydrogens is 346 g/mol. The SMILES string of the molecule is Cc1ccc2nc(-c3ccc(NC(=O)c4cccc[n+]4[O-])cc3)sc2c1. The first-order valence-corrected chi connectivity index (χ1v) is 8.89. The highest BCUT2D eigenvalue weighted by molar-refractivity contribution is 7.21. The van der Waals surface area contributed by atoms with E-state index in [2.05, 4.69) is 29.4 Å². The molecule has 0 atom stereocenters. The summed E-state index contributed by atoms with van der Waals surface area (Å²) in [5, 5.41) is 15.3. The Kier molecular flexibility index (Phi) is 4.10. The van der Waals surface area contributed by atoms with Gasteiger partial charge in [-0.15, -0.1) is 11.3 Å². The number of amides is 1. The third-order valence-electron chi connectivity index (χ3n) is 3.99. The molecule has 0 saturated heterocycles. The van der Waals surface area contributed by atoms with Gasteiger partial charge in [-0.25, -0.2) is 4.98 Å². The van der Waals surface area contributed by atoms with E-state index in [1.165, 1.54) is 17.8 Å². The molecule has 2 aromatic carbocycles. The topological polar surface area (TPSA) is 68.9 Å². The number of thiazole rings is 1. The second kappa shape index (κ2) is 6.57. The molecule has 0 aliphatic heterocycles. The predicted molar refractivity (Wildman–Crippen MR) is 103 cm³/mol. The van der Waals surface area contributed by atoms with Crippen LogP contribution in [0.4, 0.5) is 5.69 Å². The van der Waals surface area contributed by atoms with Crippen molar-refractivity contribution in [3.63, 3.8) is 0 Å². The number of nitrogens with one attached hydrogen (secondary N) is 1. The van der Waals surface area contributed by atoms with Gasteiger partial charge in [0.05, 0.1) is 10.2 Å². The van der Waals surface area contributed by atoms with Crippen molar-refractivity contribution in [2.45, 2.75) is 6.92 Å². The highest BCUT2D eigenvalue weighted by Crippen LogP contribution is 2.31. The molecule has 0 radical (unpaired) electrons. The van der Waals surface area contributed by atoms with Crippen molar-refractivity contribution >= 4 is 33.1 Å². The molecular formula is C20H15N3O2S. The highest BCUT2D eigenvalue weighted by atomic mass is 32.1. The van der Waals surface area contributed by atoms with Crippen LogP contribution in [0.3, 0.4) is 0 Å². The fourth-order valence-electron chi connectivity index (χ4n) is 2.65. The lowest BCUT2D eigenvalue weighted by molar-refractivity contribution is -0.607. The molecule has 128 valence electrons. The summed E-state index contributed by atoms with van der Waals surface area (Å²) in [6.45, 7) is 2.06. The number of aromatic nitrogens is 2. The number of pyridine rings is 1. The third kappa shape index (κ3) is 3.14. The standard InChI is InChI=1S/C20H15N3O2S/c1-13-5-10-16-18(12-13)26-20(22-16)14-6-8-15(9-7-14)21-19(24)17-4-2-3-11-23(17)25/h2-12H,1H3,(H,21,24). The summed E-state index contributed by atoms with van der Waals surface area (Å²) >= 11 is 1.64. The number of anilines is 1. The van der Waals surface area contributed by atoms with E-state index in [1.807, 2.05) is 30.3 Å². The summed E-state index contributed by atoms with van der Waals surface area (Å²) in [6, 6.07) is 18.4. The molecule has 1 N–H and O–H groups in total. The van der Waals surface area contributed by atoms with E-state index in [0.29, 0.717) is 10.4 Å². The van der Waals surface area contributed by atoms with Crippen molar-refractivity contribution in [3.8, 4) is 10.6 Å². The number of aryl methyl sites for hydroxylation is 1. The average Bonchev–Trinajstić information content (AvgIpc) is 3.05. The van der Waals surface area contributed by atoms with Gasteiger partial charge in [0.15, 0.2) is 6.20 Å². The molecule has 2 aromatic heterocycles. The van der Waals surface area contributed by atoms with Crippen LogP contribution in [-0.4, -0.2) is 10.9 Å². The van der Waals surface area contributed by atoms with Crippen LogP contribution in [0.15, 0.2) is 66.9 Å². The third-order valence-corrected chi connectivity index (χ3v) is 5.06. The molecule has 0 aliphatic carbocycles. The van der Waals surface area contributed by atoms with E-state index < -0.39 is 5.91 Å². The van der Waals surface area contributed by atoms with E-state index in [-0.39, 0.29) is 5.69 Å². The van der Waals surface area contributed by atoms with Crippen LogP contribution in [0, 0.1) is 12.1 Å². The van der Waals surface area contributed by atoms with Crippen LogP contribution < -0.4 is 10.0 Å². The number of rotatable bonds is 3. The van der Waals surface area contributed by atoms with Crippen molar-refractivity contribution in [2.24, 2.45) is 0 Å². The Morgan fingerprint density at radius 2 is 1.92 bits per heavy atom. The number of carbonyl (C=O) groups excluding carboxylic acids is 1. The van der Waals surface area contributed by atoms with Crippen LogP contribution in [0.2, 0.25) is 0 Å². The van der Waals surface area contributed by atoms with E-state index in [9.17, 15) is 10.0 Å². The van der Waals surface area contributed by atoms with E-state index in [1.54, 1.807) is 23.5 Å². The van der Waals surface area contributed by atoms with E-state index in [4.69, 9.17) is 0 Å². The van der Waals surface area contributed by atoms with Crippen molar-refractivity contribution in [1.29, 1.82) is 0 Å². The monoisotopic (exact) mass is 361 g/mol. The summed E-state index contributed by atoms with van der Waals surface area (Å²) in [6.07, 6.45) is 1.30. The number of hydrogen-bond acceptors (Lipinski definition) is 4. The Labute approximate surface area is 154 Å². The molecule has 1 amide bonds. The second-order valence-corrected chi connectivity index (χ2v) is 6.96. The fourth-order valence-corrected chi connectivity index (χ4v) is 3.72. The van der Waals surface area contributed by atoms with Crippen LogP contribution in [0.25, 0.3) is 20.8 Å². The molecule has 0 unspecified atom stereocenters. The van der Waals surface area contributed by atoms with Crippen molar-refractivity contribution in [1.82, 2.24) is 4.98 Å². The number of hydrogen-bond donors (Lipinski definition) is 1. The zero-order chi connectivity index (χ0) is 18.1. The van der Waals surface area contributed by atoms with Gasteiger partial charge < -0.3 is 10.5 Å². The molecule has 6 heteroatoms. The van der Waals surface area contributed by atoms with Gasteiger partial charge in [0.25, 0.3) is 5.69 Å². The zero-order valence-electron chi connectivity index (χ0n) is 14.0. The van der Waals surface area contributed by atoms with Crippen LogP contribution in [0.5, 0.6) is 0 Å². The Morgan fingerprint density at radius 1 is 1.12 bits per heavy atom. The van der Waals surface area contributed by atoms with Crippen molar-refractivity contribution < 1.29 is 9.52 Å². The molecule has 4 rings (SSSR count). The summed E-state index contributed by atoms with van der Waals surface area (Å²) in [5.74, 6) is -0.441. The lowest BCUT2D eigenvalue weighted by Crippen LogP contribution is -2.36. The first kappa shape index (κ1) is 16.2. The number of fused-ring (bicyclic) bond motifs is 1. The smallest absolute Gasteiger partial charge is 0.321 e. The summed E-state index contributed by atoms with van der Waals surface area (Å²) in [5.41, 5.74) is 3.86. The average molecular weight is 361 g/mol. The molecule has 4 aromatic rings. The molecule has 0 aliphatic rings. The maximum absolute atomic E-state index is 12.2. The maximum Gasteiger partial charge on any atom is 0.321 e. The van der Waals surface area contributed by atoms with Gasteiger partial charge in [-0.3, -0.25) is 4.79 Å². The molecule has 0 spiro atoms. The lowest BCUT2D eigenvalue weighted by Gasteiger charge is -2.06. The molecule has 0 bridgehead atoms. The van der Waals surface area contributed by atoms with Gasteiger partial charge in [0.1, 0.15) is 5.01 Å². The van der Waals surface area contributed by atoms with Gasteiger partial charge in [-0.2, -0.15) is 4.73 Å². The van der Waals surface area contributed by atoms with Gasteiger partial charge in [-0.05, 0) is 55.0 Å². The predicted octanol–water partition coefficient (Wildman–Crippen LogP) is 4.16. The van der Waals surface area contributed by atoms with Crippen LogP contribution in [0.1, 0.15) is 16.1 Å². The minimum atomic E-state index is -0.441. The molecule has 26 heavy (non-hydrogen) atoms. The second-order valence-electron chi connectivity index (χ2n) is 5.93. The number of benzene rings is 2. The maximum atomic E-state index is 12.2. The Hall–Kier alpha value is -3.25. The van der Waals surface area contributed by atoms with Gasteiger partial charge >= 0.3 is 5.91 Å². The molecule has 2 heterocycles. The fraction of sp³-hybridized carbons (Fsp3) is 0.0500. The summed E-state index contributed by atoms with van der Waals surface area (Å²) < 4.78 is 1.70. The lowest BCUT2D eigenvalue weighted by atomic mass is 10.2. The molecule has 0 fully saturated rings. The zero-order valence-corrected chi connectivity index (χ0v) is 14.8. The Bertz CT molecular complexity index is 1100. The van der Waals surface area contributed by atoms with Gasteiger partial charge in [-0.1, -0.05) is 6.07 Å². The first-order chi connectivity index (χ1) is 12.6. The summed E-state index contributed by atoms with van der Waals surface area (Å²) in [7, 11) is 0. The molecule has 5 nitrogen and oxygen atoms in total. The number of carbonyl (C=O) groups is 1. The van der Waals surface area contributed by atoms with E-state index >= 15 is 0 Å². The van der Waals surface area contributed by atoms with Crippen molar-refractivity contribution in [3.05, 3.63) is 83.3 Å².